The number of carbonyl (C=O) groups excluding carboxylic acids is 3. The number of amides is 3. The minimum absolute atomic E-state index is 0.330. The number of imide groups is 1. The van der Waals surface area contributed by atoms with E-state index in [1.165, 1.54) is 11.3 Å². The molecule has 2 heterocycles. The van der Waals surface area contributed by atoms with Crippen molar-refractivity contribution in [2.75, 3.05) is 11.9 Å². The third-order valence-corrected chi connectivity index (χ3v) is 5.36. The summed E-state index contributed by atoms with van der Waals surface area (Å²) in [6.07, 6.45) is 0. The molecule has 0 atom stereocenters. The molecule has 3 amide bonds. The first-order valence-corrected chi connectivity index (χ1v) is 8.88. The van der Waals surface area contributed by atoms with Crippen LogP contribution in [-0.2, 0) is 4.79 Å². The van der Waals surface area contributed by atoms with Gasteiger partial charge in [0.15, 0.2) is 5.13 Å². The standard InChI is InChI=1S/C19H15N3O3S/c1-10-7-14-15(8-11(10)2)26-19(20-14)21-16(23)9-22-17(24)12-5-3-4-6-13(12)18(22)25/h3-8H,9H2,1-2H3,(H,20,21,23). The Morgan fingerprint density at radius 3 is 2.35 bits per heavy atom. The Balaban J connectivity index is 1.51. The van der Waals surface area contributed by atoms with Gasteiger partial charge < -0.3 is 5.32 Å². The molecule has 1 aliphatic heterocycles. The Morgan fingerprint density at radius 1 is 1.08 bits per heavy atom. The first-order chi connectivity index (χ1) is 12.4. The number of nitrogens with one attached hydrogen (secondary N) is 1. The Kier molecular flexibility index (Phi) is 3.81. The van der Waals surface area contributed by atoms with Gasteiger partial charge in [0, 0.05) is 0 Å². The molecular weight excluding hydrogens is 350 g/mol. The summed E-state index contributed by atoms with van der Waals surface area (Å²) in [7, 11) is 0. The summed E-state index contributed by atoms with van der Waals surface area (Å²) in [4.78, 5) is 42.3. The summed E-state index contributed by atoms with van der Waals surface area (Å²) in [5, 5.41) is 3.14. The number of nitrogens with zero attached hydrogens (tertiary/aromatic N) is 2. The van der Waals surface area contributed by atoms with Crippen molar-refractivity contribution >= 4 is 44.4 Å². The number of rotatable bonds is 3. The van der Waals surface area contributed by atoms with Gasteiger partial charge in [-0.25, -0.2) is 4.98 Å². The molecule has 1 aliphatic rings. The molecule has 1 N–H and O–H groups in total. The molecule has 2 aromatic carbocycles. The molecule has 1 aromatic heterocycles. The topological polar surface area (TPSA) is 79.4 Å². The molecule has 3 aromatic rings. The molecule has 0 saturated carbocycles. The highest BCUT2D eigenvalue weighted by Gasteiger charge is 2.36. The van der Waals surface area contributed by atoms with Gasteiger partial charge in [-0.3, -0.25) is 19.3 Å². The van der Waals surface area contributed by atoms with Crippen molar-refractivity contribution in [2.24, 2.45) is 0 Å². The number of benzene rings is 2. The van der Waals surface area contributed by atoms with Crippen molar-refractivity contribution in [2.45, 2.75) is 13.8 Å². The second-order valence-electron chi connectivity index (χ2n) is 6.21. The van der Waals surface area contributed by atoms with Gasteiger partial charge in [-0.1, -0.05) is 23.5 Å². The minimum atomic E-state index is -0.452. The molecule has 0 bridgehead atoms. The second kappa shape index (κ2) is 6.03. The predicted molar refractivity (Wildman–Crippen MR) is 99.5 cm³/mol. The van der Waals surface area contributed by atoms with Gasteiger partial charge in [-0.15, -0.1) is 0 Å². The SMILES string of the molecule is Cc1cc2nc(NC(=O)CN3C(=O)c4ccccc4C3=O)sc2cc1C. The molecule has 0 fully saturated rings. The van der Waals surface area contributed by atoms with Crippen LogP contribution in [0.3, 0.4) is 0 Å². The quantitative estimate of drug-likeness (QED) is 0.723. The zero-order valence-corrected chi connectivity index (χ0v) is 15.0. The number of anilines is 1. The summed E-state index contributed by atoms with van der Waals surface area (Å²) >= 11 is 1.36. The number of fused-ring (bicyclic) bond motifs is 2. The maximum absolute atomic E-state index is 12.3. The van der Waals surface area contributed by atoms with E-state index in [-0.39, 0.29) is 6.54 Å². The van der Waals surface area contributed by atoms with E-state index in [1.54, 1.807) is 24.3 Å². The molecule has 0 spiro atoms. The van der Waals surface area contributed by atoms with Crippen molar-refractivity contribution in [3.63, 3.8) is 0 Å². The minimum Gasteiger partial charge on any atom is -0.300 e. The average molecular weight is 365 g/mol. The highest BCUT2D eigenvalue weighted by atomic mass is 32.1. The first kappa shape index (κ1) is 16.4. The van der Waals surface area contributed by atoms with Gasteiger partial charge in [0.25, 0.3) is 11.8 Å². The van der Waals surface area contributed by atoms with Gasteiger partial charge in [-0.2, -0.15) is 0 Å². The van der Waals surface area contributed by atoms with Crippen LogP contribution in [0.2, 0.25) is 0 Å². The molecule has 0 aliphatic carbocycles. The van der Waals surface area contributed by atoms with Gasteiger partial charge >= 0.3 is 0 Å². The maximum atomic E-state index is 12.3. The van der Waals surface area contributed by atoms with Crippen LogP contribution < -0.4 is 5.32 Å². The molecule has 7 heteroatoms. The Labute approximate surface area is 153 Å². The zero-order valence-electron chi connectivity index (χ0n) is 14.2. The number of carbonyl (C=O) groups is 3. The predicted octanol–water partition coefficient (Wildman–Crippen LogP) is 3.15. The summed E-state index contributed by atoms with van der Waals surface area (Å²) < 4.78 is 0.976. The lowest BCUT2D eigenvalue weighted by molar-refractivity contribution is -0.116. The number of hydrogen-bond acceptors (Lipinski definition) is 5. The summed E-state index contributed by atoms with van der Waals surface area (Å²) in [5.74, 6) is -1.35. The van der Waals surface area contributed by atoms with E-state index in [0.717, 1.165) is 26.2 Å². The van der Waals surface area contributed by atoms with Crippen LogP contribution in [0.4, 0.5) is 5.13 Å². The van der Waals surface area contributed by atoms with E-state index in [9.17, 15) is 14.4 Å². The summed E-state index contributed by atoms with van der Waals surface area (Å²) in [6, 6.07) is 10.6. The Bertz CT molecular complexity index is 1010. The molecule has 0 radical (unpaired) electrons. The van der Waals surface area contributed by atoms with Crippen molar-refractivity contribution in [3.05, 3.63) is 58.7 Å². The average Bonchev–Trinajstić information content (AvgIpc) is 3.09. The number of hydrogen-bond donors (Lipinski definition) is 1. The molecule has 4 rings (SSSR count). The zero-order chi connectivity index (χ0) is 18.4. The normalized spacial score (nSPS) is 13.4. The molecule has 0 saturated heterocycles. The fraction of sp³-hybridized carbons (Fsp3) is 0.158. The van der Waals surface area contributed by atoms with Crippen LogP contribution >= 0.6 is 11.3 Å². The lowest BCUT2D eigenvalue weighted by atomic mass is 10.1. The van der Waals surface area contributed by atoms with Crippen molar-refractivity contribution in [3.8, 4) is 0 Å². The molecule has 0 unspecified atom stereocenters. The van der Waals surface area contributed by atoms with E-state index in [1.807, 2.05) is 26.0 Å². The monoisotopic (exact) mass is 365 g/mol. The van der Waals surface area contributed by atoms with Crippen LogP contribution in [0.1, 0.15) is 31.8 Å². The molecule has 26 heavy (non-hydrogen) atoms. The Morgan fingerprint density at radius 2 is 1.69 bits per heavy atom. The first-order valence-electron chi connectivity index (χ1n) is 8.07. The van der Waals surface area contributed by atoms with Gasteiger partial charge in [-0.05, 0) is 49.2 Å². The van der Waals surface area contributed by atoms with E-state index in [2.05, 4.69) is 10.3 Å². The molecule has 130 valence electrons. The van der Waals surface area contributed by atoms with Crippen LogP contribution in [-0.4, -0.2) is 34.2 Å². The van der Waals surface area contributed by atoms with Crippen LogP contribution in [0, 0.1) is 13.8 Å². The van der Waals surface area contributed by atoms with E-state index in [0.29, 0.717) is 16.3 Å². The van der Waals surface area contributed by atoms with E-state index < -0.39 is 17.7 Å². The third-order valence-electron chi connectivity index (χ3n) is 4.43. The largest absolute Gasteiger partial charge is 0.300 e. The lowest BCUT2D eigenvalue weighted by Gasteiger charge is -2.12. The number of aryl methyl sites for hydroxylation is 2. The highest BCUT2D eigenvalue weighted by molar-refractivity contribution is 7.22. The van der Waals surface area contributed by atoms with Gasteiger partial charge in [0.1, 0.15) is 6.54 Å². The lowest BCUT2D eigenvalue weighted by Crippen LogP contribution is -2.37. The van der Waals surface area contributed by atoms with E-state index >= 15 is 0 Å². The number of thiazole rings is 1. The van der Waals surface area contributed by atoms with Crippen molar-refractivity contribution in [1.82, 2.24) is 9.88 Å². The summed E-state index contributed by atoms with van der Waals surface area (Å²) in [6.45, 7) is 3.70. The van der Waals surface area contributed by atoms with Gasteiger partial charge in [0.2, 0.25) is 5.91 Å². The molecule has 6 nitrogen and oxygen atoms in total. The maximum Gasteiger partial charge on any atom is 0.262 e. The summed E-state index contributed by atoms with van der Waals surface area (Å²) in [5.41, 5.74) is 3.76. The van der Waals surface area contributed by atoms with Crippen LogP contribution in [0.5, 0.6) is 0 Å². The Hall–Kier alpha value is -3.06. The third kappa shape index (κ3) is 2.66. The van der Waals surface area contributed by atoms with Crippen LogP contribution in [0.15, 0.2) is 36.4 Å². The van der Waals surface area contributed by atoms with Crippen LogP contribution in [0.25, 0.3) is 10.2 Å². The fourth-order valence-electron chi connectivity index (χ4n) is 2.92. The smallest absolute Gasteiger partial charge is 0.262 e. The number of aromatic nitrogens is 1. The fourth-order valence-corrected chi connectivity index (χ4v) is 3.88. The van der Waals surface area contributed by atoms with Crippen molar-refractivity contribution in [1.29, 1.82) is 0 Å². The van der Waals surface area contributed by atoms with Gasteiger partial charge in [0.05, 0.1) is 21.3 Å². The van der Waals surface area contributed by atoms with Crippen molar-refractivity contribution < 1.29 is 14.4 Å². The highest BCUT2D eigenvalue weighted by Crippen LogP contribution is 2.28. The molecular formula is C19H15N3O3S. The van der Waals surface area contributed by atoms with E-state index in [4.69, 9.17) is 0 Å². The second-order valence-corrected chi connectivity index (χ2v) is 7.24.